The van der Waals surface area contributed by atoms with Crippen molar-refractivity contribution in [1.82, 2.24) is 19.6 Å². The second-order valence-electron chi connectivity index (χ2n) is 8.28. The van der Waals surface area contributed by atoms with E-state index in [0.717, 1.165) is 4.90 Å². The highest BCUT2D eigenvalue weighted by atomic mass is 35.5. The van der Waals surface area contributed by atoms with Crippen molar-refractivity contribution in [1.29, 1.82) is 0 Å². The summed E-state index contributed by atoms with van der Waals surface area (Å²) in [6.07, 6.45) is 0. The van der Waals surface area contributed by atoms with Crippen LogP contribution in [0.25, 0.3) is 0 Å². The molecule has 0 saturated carbocycles. The molecule has 0 bridgehead atoms. The summed E-state index contributed by atoms with van der Waals surface area (Å²) in [5.41, 5.74) is 1.28. The maximum absolute atomic E-state index is 14.8. The van der Waals surface area contributed by atoms with Crippen LogP contribution in [0.5, 0.6) is 11.5 Å². The van der Waals surface area contributed by atoms with Crippen LogP contribution in [0.2, 0.25) is 5.02 Å². The molecule has 0 unspecified atom stereocenters. The van der Waals surface area contributed by atoms with Crippen LogP contribution in [0.4, 0.5) is 8.78 Å². The Labute approximate surface area is 227 Å². The lowest BCUT2D eigenvalue weighted by molar-refractivity contribution is -0.153. The van der Waals surface area contributed by atoms with Gasteiger partial charge in [-0.1, -0.05) is 11.6 Å². The van der Waals surface area contributed by atoms with E-state index in [1.165, 1.54) is 41.7 Å². The van der Waals surface area contributed by atoms with Crippen molar-refractivity contribution in [2.24, 2.45) is 0 Å². The molecule has 1 aliphatic heterocycles. The summed E-state index contributed by atoms with van der Waals surface area (Å²) < 4.78 is 66.9. The molecule has 0 spiro atoms. The number of amides is 3. The van der Waals surface area contributed by atoms with Gasteiger partial charge in [-0.2, -0.15) is 4.31 Å². The lowest BCUT2D eigenvalue weighted by atomic mass is 10.3. The summed E-state index contributed by atoms with van der Waals surface area (Å²) in [5.74, 6) is -6.43. The number of hydroxylamine groups is 1. The summed E-state index contributed by atoms with van der Waals surface area (Å²) in [6.45, 7) is -0.918. The first-order chi connectivity index (χ1) is 18.4. The summed E-state index contributed by atoms with van der Waals surface area (Å²) in [7, 11) is -3.50. The zero-order valence-electron chi connectivity index (χ0n) is 20.6. The molecule has 0 radical (unpaired) electrons. The van der Waals surface area contributed by atoms with Gasteiger partial charge in [-0.25, -0.2) is 22.7 Å². The molecule has 39 heavy (non-hydrogen) atoms. The van der Waals surface area contributed by atoms with E-state index in [1.54, 1.807) is 0 Å². The van der Waals surface area contributed by atoms with E-state index in [2.05, 4.69) is 0 Å². The summed E-state index contributed by atoms with van der Waals surface area (Å²) in [4.78, 5) is 38.2. The molecule has 12 nitrogen and oxygen atoms in total. The van der Waals surface area contributed by atoms with Crippen molar-refractivity contribution in [2.75, 3.05) is 53.0 Å². The van der Waals surface area contributed by atoms with E-state index in [-0.39, 0.29) is 38.6 Å². The Morgan fingerprint density at radius 2 is 1.69 bits per heavy atom. The van der Waals surface area contributed by atoms with Crippen molar-refractivity contribution in [3.8, 4) is 11.5 Å². The van der Waals surface area contributed by atoms with Gasteiger partial charge in [-0.05, 0) is 36.4 Å². The van der Waals surface area contributed by atoms with Crippen molar-refractivity contribution >= 4 is 39.3 Å². The Bertz CT molecular complexity index is 1300. The van der Waals surface area contributed by atoms with E-state index in [4.69, 9.17) is 26.3 Å². The van der Waals surface area contributed by atoms with Crippen LogP contribution in [0.1, 0.15) is 0 Å². The van der Waals surface area contributed by atoms with Crippen LogP contribution in [0.15, 0.2) is 41.3 Å². The smallest absolute Gasteiger partial charge is 0.312 e. The average molecular weight is 591 g/mol. The molecule has 0 atom stereocenters. The van der Waals surface area contributed by atoms with Crippen LogP contribution in [0, 0.1) is 11.6 Å². The van der Waals surface area contributed by atoms with E-state index in [0.29, 0.717) is 21.5 Å². The third-order valence-corrected chi connectivity index (χ3v) is 7.68. The number of carbonyl (C=O) groups is 3. The van der Waals surface area contributed by atoms with Gasteiger partial charge in [0.1, 0.15) is 5.75 Å². The normalized spacial score (nSPS) is 13.7. The Morgan fingerprint density at radius 3 is 2.26 bits per heavy atom. The molecule has 16 heteroatoms. The Hall–Kier alpha value is -3.37. The fourth-order valence-corrected chi connectivity index (χ4v) is 5.00. The largest absolute Gasteiger partial charge is 0.451 e. The number of carbonyl (C=O) groups excluding carboxylic acids is 3. The second kappa shape index (κ2) is 13.1. The third kappa shape index (κ3) is 7.60. The molecule has 212 valence electrons. The molecule has 1 aliphatic rings. The first-order valence-electron chi connectivity index (χ1n) is 11.4. The van der Waals surface area contributed by atoms with Gasteiger partial charge in [-0.15, -0.1) is 0 Å². The Kier molecular flexibility index (Phi) is 10.2. The summed E-state index contributed by atoms with van der Waals surface area (Å²) in [5, 5.41) is 9.25. The first-order valence-corrected chi connectivity index (χ1v) is 13.2. The highest BCUT2D eigenvalue weighted by Gasteiger charge is 2.31. The maximum atomic E-state index is 14.8. The lowest BCUT2D eigenvalue weighted by Crippen LogP contribution is -2.50. The zero-order valence-corrected chi connectivity index (χ0v) is 22.2. The minimum absolute atomic E-state index is 0.0355. The van der Waals surface area contributed by atoms with E-state index >= 15 is 0 Å². The summed E-state index contributed by atoms with van der Waals surface area (Å²) >= 11 is 5.77. The predicted octanol–water partition coefficient (Wildman–Crippen LogP) is 1.22. The third-order valence-electron chi connectivity index (χ3n) is 5.60. The molecule has 2 aromatic rings. The minimum atomic E-state index is -4.75. The number of hydrogen-bond acceptors (Lipinski definition) is 8. The number of benzene rings is 2. The molecule has 0 aromatic heterocycles. The fourth-order valence-electron chi connectivity index (χ4n) is 3.46. The number of morpholine rings is 1. The van der Waals surface area contributed by atoms with Crippen molar-refractivity contribution in [3.05, 3.63) is 53.1 Å². The molecule has 2 aromatic carbocycles. The van der Waals surface area contributed by atoms with Gasteiger partial charge in [0.15, 0.2) is 17.4 Å². The van der Waals surface area contributed by atoms with Crippen molar-refractivity contribution in [2.45, 2.75) is 4.90 Å². The number of nitrogens with zero attached hydrogens (tertiary/aromatic N) is 3. The van der Waals surface area contributed by atoms with Gasteiger partial charge in [0.2, 0.25) is 10.0 Å². The molecule has 1 heterocycles. The van der Waals surface area contributed by atoms with Gasteiger partial charge in [0, 0.05) is 38.2 Å². The van der Waals surface area contributed by atoms with Crippen molar-refractivity contribution < 1.29 is 46.3 Å². The topological polar surface area (TPSA) is 146 Å². The number of rotatable bonds is 9. The van der Waals surface area contributed by atoms with Gasteiger partial charge >= 0.3 is 11.8 Å². The van der Waals surface area contributed by atoms with Gasteiger partial charge in [0.25, 0.3) is 5.91 Å². The number of ether oxygens (including phenoxy) is 2. The molecular formula is C23H25ClF2N4O8S. The average Bonchev–Trinajstić information content (AvgIpc) is 2.93. The van der Waals surface area contributed by atoms with Gasteiger partial charge < -0.3 is 19.3 Å². The van der Waals surface area contributed by atoms with E-state index in [9.17, 15) is 31.6 Å². The van der Waals surface area contributed by atoms with E-state index < -0.39 is 63.1 Å². The second-order valence-corrected chi connectivity index (χ2v) is 10.7. The quantitative estimate of drug-likeness (QED) is 0.252. The molecule has 3 rings (SSSR count). The van der Waals surface area contributed by atoms with Crippen molar-refractivity contribution in [3.63, 3.8) is 0 Å². The van der Waals surface area contributed by atoms with Crippen LogP contribution in [-0.2, 0) is 29.1 Å². The molecule has 0 aliphatic carbocycles. The predicted molar refractivity (Wildman–Crippen MR) is 132 cm³/mol. The van der Waals surface area contributed by atoms with Crippen LogP contribution in [-0.4, -0.2) is 98.4 Å². The highest BCUT2D eigenvalue weighted by molar-refractivity contribution is 7.89. The number of halogens is 3. The standard InChI is InChI=1S/C23H25ClF2N4O8S/c1-28(22(32)23(33)29-8-10-37-11-9-29)6-7-30(14-20(31)27-34)39(35,36)17-12-18(25)21(19(26)13-17)38-16-4-2-15(24)3-5-16/h2-5,12-13,34H,6-11,14H2,1H3,(H,27,31). The molecule has 2 N–H and O–H groups in total. The van der Waals surface area contributed by atoms with Crippen LogP contribution >= 0.6 is 11.6 Å². The number of sulfonamides is 1. The summed E-state index contributed by atoms with van der Waals surface area (Å²) in [6, 6.07) is 6.55. The number of likely N-dealkylation sites (N-methyl/N-ethyl adjacent to an activating group) is 1. The Morgan fingerprint density at radius 1 is 1.10 bits per heavy atom. The minimum Gasteiger partial charge on any atom is -0.451 e. The Balaban J connectivity index is 1.79. The lowest BCUT2D eigenvalue weighted by Gasteiger charge is -2.29. The molecule has 3 amide bonds. The fraction of sp³-hybridized carbons (Fsp3) is 0.348. The zero-order chi connectivity index (χ0) is 28.7. The number of nitrogens with one attached hydrogen (secondary N) is 1. The van der Waals surface area contributed by atoms with Crippen LogP contribution in [0.3, 0.4) is 0 Å². The highest BCUT2D eigenvalue weighted by Crippen LogP contribution is 2.31. The molecular weight excluding hydrogens is 566 g/mol. The molecule has 1 saturated heterocycles. The number of hydrogen-bond donors (Lipinski definition) is 2. The monoisotopic (exact) mass is 590 g/mol. The van der Waals surface area contributed by atoms with Crippen LogP contribution < -0.4 is 10.2 Å². The molecule has 1 fully saturated rings. The van der Waals surface area contributed by atoms with E-state index in [1.807, 2.05) is 0 Å². The first kappa shape index (κ1) is 30.2. The van der Waals surface area contributed by atoms with Gasteiger partial charge in [0.05, 0.1) is 24.7 Å². The maximum Gasteiger partial charge on any atom is 0.312 e. The van der Waals surface area contributed by atoms with Gasteiger partial charge in [-0.3, -0.25) is 19.6 Å². The SMILES string of the molecule is CN(CCN(CC(=O)NO)S(=O)(=O)c1cc(F)c(Oc2ccc(Cl)cc2)c(F)c1)C(=O)C(=O)N1CCOCC1.